The van der Waals surface area contributed by atoms with E-state index in [9.17, 15) is 9.59 Å². The highest BCUT2D eigenvalue weighted by Crippen LogP contribution is 2.20. The predicted molar refractivity (Wildman–Crippen MR) is 90.5 cm³/mol. The van der Waals surface area contributed by atoms with Crippen LogP contribution in [0.3, 0.4) is 0 Å². The van der Waals surface area contributed by atoms with Crippen molar-refractivity contribution in [2.75, 3.05) is 5.32 Å². The van der Waals surface area contributed by atoms with Crippen molar-refractivity contribution in [1.82, 2.24) is 20.0 Å². The molecule has 0 aliphatic heterocycles. The number of hydrogen-bond acceptors (Lipinski definition) is 4. The number of rotatable bonds is 5. The minimum absolute atomic E-state index is 0.104. The van der Waals surface area contributed by atoms with Crippen LogP contribution in [-0.2, 0) is 18.3 Å². The Morgan fingerprint density at radius 3 is 2.88 bits per heavy atom. The summed E-state index contributed by atoms with van der Waals surface area (Å²) in [6, 6.07) is 12.5. The normalized spacial score (nSPS) is 10.5. The number of amides is 1. The number of aromatic amines is 1. The quantitative estimate of drug-likeness (QED) is 0.748. The van der Waals surface area contributed by atoms with E-state index >= 15 is 0 Å². The highest BCUT2D eigenvalue weighted by Gasteiger charge is 2.06. The third-order valence-electron chi connectivity index (χ3n) is 3.58. The van der Waals surface area contributed by atoms with Crippen molar-refractivity contribution in [2.45, 2.75) is 12.8 Å². The molecule has 0 aliphatic carbocycles. The Morgan fingerprint density at radius 1 is 1.25 bits per heavy atom. The summed E-state index contributed by atoms with van der Waals surface area (Å²) in [5, 5.41) is 13.8. The number of H-pyrrole nitrogens is 1. The Bertz CT molecular complexity index is 899. The van der Waals surface area contributed by atoms with Crippen molar-refractivity contribution < 1.29 is 4.79 Å². The van der Waals surface area contributed by atoms with Gasteiger partial charge >= 0.3 is 0 Å². The minimum atomic E-state index is -0.168. The molecule has 7 nitrogen and oxygen atoms in total. The van der Waals surface area contributed by atoms with E-state index in [1.165, 1.54) is 10.7 Å². The van der Waals surface area contributed by atoms with Gasteiger partial charge in [0.05, 0.1) is 11.4 Å². The molecule has 0 bridgehead atoms. The highest BCUT2D eigenvalue weighted by molar-refractivity contribution is 5.91. The maximum absolute atomic E-state index is 12.1. The monoisotopic (exact) mass is 323 g/mol. The van der Waals surface area contributed by atoms with Crippen molar-refractivity contribution in [1.29, 1.82) is 0 Å². The van der Waals surface area contributed by atoms with E-state index < -0.39 is 0 Å². The van der Waals surface area contributed by atoms with E-state index in [0.29, 0.717) is 18.5 Å². The molecule has 2 aromatic heterocycles. The number of aryl methyl sites for hydroxylation is 2. The molecule has 2 heterocycles. The zero-order valence-electron chi connectivity index (χ0n) is 13.2. The van der Waals surface area contributed by atoms with Gasteiger partial charge in [0, 0.05) is 43.4 Å². The second-order valence-corrected chi connectivity index (χ2v) is 5.39. The molecule has 0 aliphatic rings. The molecule has 0 saturated carbocycles. The van der Waals surface area contributed by atoms with Gasteiger partial charge in [0.25, 0.3) is 5.56 Å². The Morgan fingerprint density at radius 2 is 2.12 bits per heavy atom. The number of aromatic nitrogens is 4. The molecular weight excluding hydrogens is 306 g/mol. The maximum atomic E-state index is 12.1. The molecule has 0 fully saturated rings. The number of carbonyl (C=O) groups excluding carboxylic acids is 1. The van der Waals surface area contributed by atoms with E-state index in [4.69, 9.17) is 0 Å². The Kier molecular flexibility index (Phi) is 4.51. The van der Waals surface area contributed by atoms with Gasteiger partial charge in [-0.1, -0.05) is 12.1 Å². The molecule has 122 valence electrons. The van der Waals surface area contributed by atoms with Gasteiger partial charge in [0.15, 0.2) is 0 Å². The van der Waals surface area contributed by atoms with Gasteiger partial charge < -0.3 is 5.32 Å². The molecule has 1 aromatic carbocycles. The van der Waals surface area contributed by atoms with Crippen molar-refractivity contribution in [2.24, 2.45) is 7.05 Å². The van der Waals surface area contributed by atoms with Crippen LogP contribution in [0.1, 0.15) is 12.1 Å². The molecule has 2 N–H and O–H groups in total. The second kappa shape index (κ2) is 6.91. The van der Waals surface area contributed by atoms with Gasteiger partial charge in [-0.2, -0.15) is 10.2 Å². The zero-order chi connectivity index (χ0) is 16.9. The number of anilines is 1. The molecule has 0 unspecified atom stereocenters. The first kappa shape index (κ1) is 15.7. The average Bonchev–Trinajstić information content (AvgIpc) is 3.11. The van der Waals surface area contributed by atoms with Crippen molar-refractivity contribution >= 4 is 11.6 Å². The zero-order valence-corrected chi connectivity index (χ0v) is 13.2. The summed E-state index contributed by atoms with van der Waals surface area (Å²) < 4.78 is 1.26. The molecule has 0 saturated heterocycles. The molecule has 7 heteroatoms. The molecule has 1 amide bonds. The van der Waals surface area contributed by atoms with Gasteiger partial charge in [0.1, 0.15) is 0 Å². The number of nitrogens with one attached hydrogen (secondary N) is 2. The van der Waals surface area contributed by atoms with Gasteiger partial charge in [-0.15, -0.1) is 0 Å². The average molecular weight is 323 g/mol. The number of hydrogen-bond donors (Lipinski definition) is 2. The van der Waals surface area contributed by atoms with Gasteiger partial charge in [-0.05, 0) is 24.3 Å². The first-order chi connectivity index (χ1) is 11.6. The van der Waals surface area contributed by atoms with Crippen LogP contribution in [0.2, 0.25) is 0 Å². The molecule has 0 spiro atoms. The first-order valence-corrected chi connectivity index (χ1v) is 7.55. The van der Waals surface area contributed by atoms with Crippen LogP contribution < -0.4 is 10.9 Å². The smallest absolute Gasteiger partial charge is 0.266 e. The highest BCUT2D eigenvalue weighted by atomic mass is 16.1. The number of nitrogens with zero attached hydrogens (tertiary/aromatic N) is 3. The summed E-state index contributed by atoms with van der Waals surface area (Å²) in [6.07, 6.45) is 2.44. The van der Waals surface area contributed by atoms with E-state index in [1.54, 1.807) is 19.3 Å². The van der Waals surface area contributed by atoms with Gasteiger partial charge in [0.2, 0.25) is 5.91 Å². The van der Waals surface area contributed by atoms with Crippen LogP contribution in [0.5, 0.6) is 0 Å². The molecular formula is C17H17N5O2. The van der Waals surface area contributed by atoms with Gasteiger partial charge in [-0.25, -0.2) is 4.68 Å². The summed E-state index contributed by atoms with van der Waals surface area (Å²) >= 11 is 0. The van der Waals surface area contributed by atoms with Crippen molar-refractivity contribution in [3.05, 3.63) is 64.7 Å². The molecule has 0 atom stereocenters. The largest absolute Gasteiger partial charge is 0.326 e. The van der Waals surface area contributed by atoms with E-state index in [1.807, 2.05) is 30.3 Å². The lowest BCUT2D eigenvalue weighted by atomic mass is 10.1. The molecule has 3 rings (SSSR count). The number of carbonyl (C=O) groups is 1. The fourth-order valence-electron chi connectivity index (χ4n) is 2.33. The third kappa shape index (κ3) is 3.75. The summed E-state index contributed by atoms with van der Waals surface area (Å²) in [6.45, 7) is 0. The summed E-state index contributed by atoms with van der Waals surface area (Å²) in [4.78, 5) is 23.4. The van der Waals surface area contributed by atoms with Crippen LogP contribution in [-0.4, -0.2) is 25.9 Å². The van der Waals surface area contributed by atoms with Crippen LogP contribution in [0, 0.1) is 0 Å². The second-order valence-electron chi connectivity index (χ2n) is 5.39. The van der Waals surface area contributed by atoms with Crippen LogP contribution in [0.4, 0.5) is 5.69 Å². The number of benzene rings is 1. The fourth-order valence-corrected chi connectivity index (χ4v) is 2.33. The van der Waals surface area contributed by atoms with E-state index in [0.717, 1.165) is 16.9 Å². The van der Waals surface area contributed by atoms with Crippen LogP contribution in [0.15, 0.2) is 53.5 Å². The lowest BCUT2D eigenvalue weighted by molar-refractivity contribution is -0.116. The van der Waals surface area contributed by atoms with Gasteiger partial charge in [-0.3, -0.25) is 14.7 Å². The van der Waals surface area contributed by atoms with Crippen molar-refractivity contribution in [3.63, 3.8) is 0 Å². The Balaban J connectivity index is 1.61. The fraction of sp³-hybridized carbons (Fsp3) is 0.176. The van der Waals surface area contributed by atoms with Crippen molar-refractivity contribution in [3.8, 4) is 11.3 Å². The third-order valence-corrected chi connectivity index (χ3v) is 3.58. The minimum Gasteiger partial charge on any atom is -0.326 e. The van der Waals surface area contributed by atoms with E-state index in [2.05, 4.69) is 20.6 Å². The molecule has 3 aromatic rings. The lowest BCUT2D eigenvalue weighted by Crippen LogP contribution is -2.20. The Hall–Kier alpha value is -3.22. The summed E-state index contributed by atoms with van der Waals surface area (Å²) in [5.41, 5.74) is 3.10. The molecule has 24 heavy (non-hydrogen) atoms. The standard InChI is InChI=1S/C17H17N5O2/c1-22-17(24)8-6-13(21-22)5-7-16(23)19-14-4-2-3-12(11-14)15-9-10-18-20-15/h2-4,6,8-11H,5,7H2,1H3,(H,18,20)(H,19,23). The summed E-state index contributed by atoms with van der Waals surface area (Å²) in [5.74, 6) is -0.104. The van der Waals surface area contributed by atoms with E-state index in [-0.39, 0.29) is 11.5 Å². The summed E-state index contributed by atoms with van der Waals surface area (Å²) in [7, 11) is 1.59. The van der Waals surface area contributed by atoms with Crippen LogP contribution in [0.25, 0.3) is 11.3 Å². The first-order valence-electron chi connectivity index (χ1n) is 7.55. The predicted octanol–water partition coefficient (Wildman–Crippen LogP) is 1.74. The van der Waals surface area contributed by atoms with Crippen LogP contribution >= 0.6 is 0 Å². The lowest BCUT2D eigenvalue weighted by Gasteiger charge is -2.07. The Labute approximate surface area is 138 Å². The molecule has 0 radical (unpaired) electrons. The SMILES string of the molecule is Cn1nc(CCC(=O)Nc2cccc(-c3ccn[nH]3)c2)ccc1=O. The maximum Gasteiger partial charge on any atom is 0.266 e. The topological polar surface area (TPSA) is 92.7 Å².